The third-order valence-corrected chi connectivity index (χ3v) is 3.07. The van der Waals surface area contributed by atoms with Gasteiger partial charge in [0, 0.05) is 17.6 Å². The summed E-state index contributed by atoms with van der Waals surface area (Å²) in [5, 5.41) is 10.1. The first-order valence-corrected chi connectivity index (χ1v) is 6.49. The minimum atomic E-state index is -0.472. The number of hydrogen-bond donors (Lipinski definition) is 2. The largest absolute Gasteiger partial charge is 0.436 e. The fourth-order valence-corrected chi connectivity index (χ4v) is 1.98. The van der Waals surface area contributed by atoms with Gasteiger partial charge in [0.2, 0.25) is 11.8 Å². The maximum absolute atomic E-state index is 13.7. The Hall–Kier alpha value is -2.37. The van der Waals surface area contributed by atoms with Gasteiger partial charge in [-0.15, -0.1) is 9.24 Å². The number of anilines is 1. The molecule has 0 bridgehead atoms. The van der Waals surface area contributed by atoms with E-state index in [0.717, 1.165) is 5.30 Å². The molecule has 106 valence electrons. The van der Waals surface area contributed by atoms with Crippen LogP contribution in [0.3, 0.4) is 0 Å². The van der Waals surface area contributed by atoms with E-state index in [4.69, 9.17) is 9.94 Å². The Morgan fingerprint density at radius 1 is 1.19 bits per heavy atom. The summed E-state index contributed by atoms with van der Waals surface area (Å²) >= 11 is 0. The molecule has 8 heteroatoms. The summed E-state index contributed by atoms with van der Waals surface area (Å²) in [6.45, 7) is 0. The maximum Gasteiger partial charge on any atom is 0.247 e. The summed E-state index contributed by atoms with van der Waals surface area (Å²) in [6, 6.07) is 6.18. The van der Waals surface area contributed by atoms with Crippen LogP contribution in [0, 0.1) is 5.82 Å². The molecule has 2 heterocycles. The number of nitrogens with one attached hydrogen (secondary N) is 1. The van der Waals surface area contributed by atoms with Crippen LogP contribution in [-0.4, -0.2) is 20.2 Å². The molecule has 6 nitrogen and oxygen atoms in total. The van der Waals surface area contributed by atoms with E-state index >= 15 is 0 Å². The molecule has 0 fully saturated rings. The van der Waals surface area contributed by atoms with Gasteiger partial charge in [0.25, 0.3) is 0 Å². The Kier molecular flexibility index (Phi) is 3.60. The zero-order valence-electron chi connectivity index (χ0n) is 10.6. The summed E-state index contributed by atoms with van der Waals surface area (Å²) in [5.74, 6) is -0.0886. The van der Waals surface area contributed by atoms with Crippen LogP contribution in [0.5, 0.6) is 11.6 Å². The van der Waals surface area contributed by atoms with E-state index in [1.165, 1.54) is 24.5 Å². The smallest absolute Gasteiger partial charge is 0.247 e. The number of rotatable bonds is 3. The average Bonchev–Trinajstić information content (AvgIpc) is 2.49. The number of nitrogens with zero attached hydrogens (tertiary/aromatic N) is 3. The van der Waals surface area contributed by atoms with Crippen LogP contribution in [-0.2, 0) is 0 Å². The fourth-order valence-electron chi connectivity index (χ4n) is 1.74. The predicted octanol–water partition coefficient (Wildman–Crippen LogP) is 2.26. The molecule has 3 aromatic rings. The van der Waals surface area contributed by atoms with Gasteiger partial charge in [-0.05, 0) is 17.4 Å². The van der Waals surface area contributed by atoms with Crippen LogP contribution < -0.4 is 15.5 Å². The van der Waals surface area contributed by atoms with Crippen LogP contribution in [0.1, 0.15) is 0 Å². The lowest BCUT2D eigenvalue weighted by Crippen LogP contribution is -1.98. The lowest BCUT2D eigenvalue weighted by atomic mass is 10.3. The first kappa shape index (κ1) is 13.6. The summed E-state index contributed by atoms with van der Waals surface area (Å²) in [6.07, 6.45) is 2.95. The average molecular weight is 304 g/mol. The van der Waals surface area contributed by atoms with Crippen molar-refractivity contribution in [2.75, 3.05) is 5.48 Å². The Balaban J connectivity index is 1.94. The van der Waals surface area contributed by atoms with Crippen molar-refractivity contribution in [2.45, 2.75) is 0 Å². The number of aromatic nitrogens is 3. The monoisotopic (exact) mass is 304 g/mol. The van der Waals surface area contributed by atoms with Crippen molar-refractivity contribution < 1.29 is 14.3 Å². The van der Waals surface area contributed by atoms with Crippen molar-refractivity contribution in [3.05, 3.63) is 42.5 Å². The molecular formula is C13H10FN4O2P. The third kappa shape index (κ3) is 2.89. The molecule has 0 spiro atoms. The SMILES string of the molecule is ONc1ncc2cc(Oc3ccc(P)cc3F)ncc2n1. The highest BCUT2D eigenvalue weighted by Crippen LogP contribution is 2.24. The van der Waals surface area contributed by atoms with Crippen LogP contribution in [0.15, 0.2) is 36.7 Å². The summed E-state index contributed by atoms with van der Waals surface area (Å²) in [4.78, 5) is 11.9. The van der Waals surface area contributed by atoms with Gasteiger partial charge in [-0.25, -0.2) is 24.8 Å². The molecule has 2 aromatic heterocycles. The van der Waals surface area contributed by atoms with E-state index in [2.05, 4.69) is 24.2 Å². The van der Waals surface area contributed by atoms with Crippen molar-refractivity contribution in [1.82, 2.24) is 15.0 Å². The van der Waals surface area contributed by atoms with Crippen molar-refractivity contribution in [3.8, 4) is 11.6 Å². The van der Waals surface area contributed by atoms with E-state index in [9.17, 15) is 4.39 Å². The second-order valence-electron chi connectivity index (χ2n) is 4.18. The highest BCUT2D eigenvalue weighted by atomic mass is 31.0. The van der Waals surface area contributed by atoms with Gasteiger partial charge in [-0.2, -0.15) is 0 Å². The Bertz CT molecular complexity index is 815. The molecule has 0 saturated carbocycles. The van der Waals surface area contributed by atoms with Gasteiger partial charge < -0.3 is 4.74 Å². The van der Waals surface area contributed by atoms with Crippen molar-refractivity contribution in [1.29, 1.82) is 0 Å². The molecule has 2 N–H and O–H groups in total. The second-order valence-corrected chi connectivity index (χ2v) is 4.85. The molecular weight excluding hydrogens is 294 g/mol. The molecule has 0 saturated heterocycles. The van der Waals surface area contributed by atoms with Crippen molar-refractivity contribution in [2.24, 2.45) is 0 Å². The quantitative estimate of drug-likeness (QED) is 0.571. The Labute approximate surface area is 121 Å². The van der Waals surface area contributed by atoms with Gasteiger partial charge in [-0.1, -0.05) is 6.07 Å². The normalized spacial score (nSPS) is 10.6. The summed E-state index contributed by atoms with van der Waals surface area (Å²) in [5.41, 5.74) is 2.38. The van der Waals surface area contributed by atoms with Gasteiger partial charge >= 0.3 is 0 Å². The molecule has 0 radical (unpaired) electrons. The minimum Gasteiger partial charge on any atom is -0.436 e. The topological polar surface area (TPSA) is 80.2 Å². The Morgan fingerprint density at radius 3 is 2.81 bits per heavy atom. The first-order chi connectivity index (χ1) is 10.2. The van der Waals surface area contributed by atoms with Crippen molar-refractivity contribution >= 4 is 31.4 Å². The molecule has 1 aromatic carbocycles. The number of halogens is 1. The van der Waals surface area contributed by atoms with Gasteiger partial charge in [0.1, 0.15) is 0 Å². The molecule has 0 amide bonds. The maximum atomic E-state index is 13.7. The van der Waals surface area contributed by atoms with Gasteiger partial charge in [0.05, 0.1) is 11.7 Å². The molecule has 3 rings (SSSR count). The standard InChI is InChI=1S/C13H10FN4O2P/c14-9-4-8(21)1-2-11(9)20-12-3-7-5-16-13(18-19)17-10(7)6-15-12/h1-6,19H,21H2,(H,16,17,18). The van der Waals surface area contributed by atoms with Crippen LogP contribution in [0.2, 0.25) is 0 Å². The number of fused-ring (bicyclic) bond motifs is 1. The molecule has 1 unspecified atom stereocenters. The van der Waals surface area contributed by atoms with Crippen LogP contribution in [0.4, 0.5) is 10.3 Å². The van der Waals surface area contributed by atoms with Gasteiger partial charge in [0.15, 0.2) is 11.6 Å². The number of ether oxygens (including phenoxy) is 1. The second kappa shape index (κ2) is 5.55. The highest BCUT2D eigenvalue weighted by Gasteiger charge is 2.07. The van der Waals surface area contributed by atoms with E-state index in [1.807, 2.05) is 5.48 Å². The number of hydrogen-bond acceptors (Lipinski definition) is 6. The zero-order valence-corrected chi connectivity index (χ0v) is 11.8. The van der Waals surface area contributed by atoms with Crippen molar-refractivity contribution in [3.63, 3.8) is 0 Å². The fraction of sp³-hybridized carbons (Fsp3) is 0. The molecule has 0 aliphatic carbocycles. The number of benzene rings is 1. The van der Waals surface area contributed by atoms with E-state index in [-0.39, 0.29) is 17.6 Å². The molecule has 0 aliphatic heterocycles. The predicted molar refractivity (Wildman–Crippen MR) is 78.6 cm³/mol. The zero-order chi connectivity index (χ0) is 14.8. The third-order valence-electron chi connectivity index (χ3n) is 2.71. The molecule has 0 aliphatic rings. The van der Waals surface area contributed by atoms with Gasteiger partial charge in [-0.3, -0.25) is 5.21 Å². The lowest BCUT2D eigenvalue weighted by molar-refractivity contribution is 0.383. The highest BCUT2D eigenvalue weighted by molar-refractivity contribution is 7.27. The molecule has 1 atom stereocenters. The Morgan fingerprint density at radius 2 is 2.05 bits per heavy atom. The van der Waals surface area contributed by atoms with E-state index in [0.29, 0.717) is 10.9 Å². The van der Waals surface area contributed by atoms with Crippen LogP contribution in [0.25, 0.3) is 10.9 Å². The summed E-state index contributed by atoms with van der Waals surface area (Å²) < 4.78 is 19.1. The van der Waals surface area contributed by atoms with Crippen LogP contribution >= 0.6 is 9.24 Å². The lowest BCUT2D eigenvalue weighted by Gasteiger charge is -2.07. The minimum absolute atomic E-state index is 0.0695. The van der Waals surface area contributed by atoms with E-state index < -0.39 is 5.82 Å². The number of pyridine rings is 1. The summed E-state index contributed by atoms with van der Waals surface area (Å²) in [7, 11) is 2.41. The van der Waals surface area contributed by atoms with E-state index in [1.54, 1.807) is 12.1 Å². The first-order valence-electron chi connectivity index (χ1n) is 5.91. The molecule has 21 heavy (non-hydrogen) atoms.